The van der Waals surface area contributed by atoms with Gasteiger partial charge in [0.25, 0.3) is 0 Å². The Morgan fingerprint density at radius 3 is 2.38 bits per heavy atom. The van der Waals surface area contributed by atoms with Crippen molar-refractivity contribution in [3.05, 3.63) is 0 Å². The molecule has 8 heavy (non-hydrogen) atoms. The largest absolute Gasteiger partial charge is 0.366 e. The van der Waals surface area contributed by atoms with Crippen molar-refractivity contribution in [1.29, 1.82) is 0 Å². The first-order valence-corrected chi connectivity index (χ1v) is 2.86. The number of nitrogens with one attached hydrogen (secondary N) is 1. The van der Waals surface area contributed by atoms with E-state index >= 15 is 0 Å². The molecule has 0 aromatic carbocycles. The second-order valence-corrected chi connectivity index (χ2v) is 1.92. The second kappa shape index (κ2) is 3.83. The minimum absolute atomic E-state index is 0.301. The van der Waals surface area contributed by atoms with E-state index in [0.29, 0.717) is 6.04 Å². The van der Waals surface area contributed by atoms with Crippen LogP contribution >= 0.6 is 0 Å². The Morgan fingerprint density at radius 1 is 1.75 bits per heavy atom. The normalized spacial score (nSPS) is 18.0. The van der Waals surface area contributed by atoms with Crippen molar-refractivity contribution in [1.82, 2.24) is 5.32 Å². The summed E-state index contributed by atoms with van der Waals surface area (Å²) >= 11 is 0. The lowest BCUT2D eigenvalue weighted by atomic mass is 10.3. The summed E-state index contributed by atoms with van der Waals surface area (Å²) < 4.78 is 0. The molecule has 0 aliphatic carbocycles. The molecule has 0 saturated carbocycles. The van der Waals surface area contributed by atoms with Crippen molar-refractivity contribution in [3.8, 4) is 0 Å². The van der Waals surface area contributed by atoms with Gasteiger partial charge >= 0.3 is 0 Å². The van der Waals surface area contributed by atoms with E-state index in [4.69, 9.17) is 10.8 Å². The summed E-state index contributed by atoms with van der Waals surface area (Å²) in [6.07, 6.45) is 0.110. The molecule has 0 aromatic heterocycles. The maximum atomic E-state index is 8.52. The first-order chi connectivity index (χ1) is 3.66. The highest BCUT2D eigenvalue weighted by Gasteiger charge is 1.98. The Bertz CT molecular complexity index is 56.4. The quantitative estimate of drug-likeness (QED) is 0.442. The van der Waals surface area contributed by atoms with Gasteiger partial charge in [-0.15, -0.1) is 0 Å². The van der Waals surface area contributed by atoms with Crippen molar-refractivity contribution >= 4 is 0 Å². The van der Waals surface area contributed by atoms with E-state index in [1.807, 2.05) is 13.8 Å². The fraction of sp³-hybridized carbons (Fsp3) is 1.00. The molecule has 0 saturated heterocycles. The number of hydrogen-bond donors (Lipinski definition) is 3. The molecule has 0 aromatic rings. The molecule has 4 N–H and O–H groups in total. The van der Waals surface area contributed by atoms with Crippen LogP contribution in [0.3, 0.4) is 0 Å². The zero-order chi connectivity index (χ0) is 6.57. The van der Waals surface area contributed by atoms with Gasteiger partial charge in [-0.3, -0.25) is 11.1 Å². The summed E-state index contributed by atoms with van der Waals surface area (Å²) in [5, 5.41) is 11.2. The van der Waals surface area contributed by atoms with Crippen LogP contribution in [0.1, 0.15) is 20.3 Å². The van der Waals surface area contributed by atoms with Crippen LogP contribution in [0.15, 0.2) is 0 Å². The average Bonchev–Trinajstić information content (AvgIpc) is 1.65. The molecular formula is C5H14N2O. The predicted octanol–water partition coefficient (Wildman–Crippen LogP) is -0.391. The van der Waals surface area contributed by atoms with Crippen molar-refractivity contribution in [2.75, 3.05) is 0 Å². The molecule has 0 radical (unpaired) electrons. The smallest absolute Gasteiger partial charge is 0.158 e. The van der Waals surface area contributed by atoms with Crippen molar-refractivity contribution in [2.24, 2.45) is 5.73 Å². The van der Waals surface area contributed by atoms with Crippen LogP contribution < -0.4 is 11.1 Å². The third-order valence-electron chi connectivity index (χ3n) is 1.07. The second-order valence-electron chi connectivity index (χ2n) is 1.92. The molecule has 2 atom stereocenters. The Hall–Kier alpha value is -0.120. The van der Waals surface area contributed by atoms with Crippen molar-refractivity contribution < 1.29 is 5.11 Å². The molecule has 0 aliphatic rings. The van der Waals surface area contributed by atoms with Gasteiger partial charge in [-0.05, 0) is 13.3 Å². The zero-order valence-electron chi connectivity index (χ0n) is 5.39. The average molecular weight is 118 g/mol. The summed E-state index contributed by atoms with van der Waals surface area (Å²) in [5.74, 6) is 0. The minimum Gasteiger partial charge on any atom is -0.366 e. The molecule has 0 heterocycles. The van der Waals surface area contributed by atoms with Crippen LogP contribution in [0.2, 0.25) is 0 Å². The highest BCUT2D eigenvalue weighted by atomic mass is 16.3. The predicted molar refractivity (Wildman–Crippen MR) is 33.1 cm³/mol. The number of hydrogen-bond acceptors (Lipinski definition) is 3. The fourth-order valence-corrected chi connectivity index (χ4v) is 0.409. The topological polar surface area (TPSA) is 58.3 Å². The molecular weight excluding hydrogens is 104 g/mol. The van der Waals surface area contributed by atoms with Gasteiger partial charge in [-0.2, -0.15) is 0 Å². The summed E-state index contributed by atoms with van der Waals surface area (Å²) in [4.78, 5) is 0. The van der Waals surface area contributed by atoms with E-state index in [0.717, 1.165) is 6.42 Å². The molecule has 0 amide bonds. The van der Waals surface area contributed by atoms with E-state index in [1.54, 1.807) is 0 Å². The maximum absolute atomic E-state index is 8.52. The van der Waals surface area contributed by atoms with Crippen LogP contribution in [0.25, 0.3) is 0 Å². The van der Waals surface area contributed by atoms with E-state index in [-0.39, 0.29) is 0 Å². The highest BCUT2D eigenvalue weighted by Crippen LogP contribution is 1.85. The fourth-order valence-electron chi connectivity index (χ4n) is 0.409. The number of aliphatic hydroxyl groups is 1. The molecule has 1 unspecified atom stereocenters. The lowest BCUT2D eigenvalue weighted by molar-refractivity contribution is 0.131. The molecule has 0 aliphatic heterocycles. The van der Waals surface area contributed by atoms with Crippen molar-refractivity contribution in [2.45, 2.75) is 32.7 Å². The third-order valence-corrected chi connectivity index (χ3v) is 1.07. The Kier molecular flexibility index (Phi) is 3.77. The molecule has 0 bridgehead atoms. The molecule has 3 nitrogen and oxygen atoms in total. The van der Waals surface area contributed by atoms with Crippen LogP contribution in [0.5, 0.6) is 0 Å². The maximum Gasteiger partial charge on any atom is 0.158 e. The van der Waals surface area contributed by atoms with Gasteiger partial charge in [-0.25, -0.2) is 0 Å². The summed E-state index contributed by atoms with van der Waals surface area (Å²) in [6, 6.07) is 0.301. The van der Waals surface area contributed by atoms with Crippen LogP contribution in [0.4, 0.5) is 0 Å². The van der Waals surface area contributed by atoms with Crippen LogP contribution in [-0.2, 0) is 0 Å². The molecule has 0 spiro atoms. The van der Waals surface area contributed by atoms with E-state index in [2.05, 4.69) is 5.32 Å². The number of aliphatic hydroxyl groups excluding tert-OH is 1. The van der Waals surface area contributed by atoms with E-state index in [9.17, 15) is 0 Å². The zero-order valence-corrected chi connectivity index (χ0v) is 5.39. The van der Waals surface area contributed by atoms with E-state index < -0.39 is 6.35 Å². The Balaban J connectivity index is 3.10. The summed E-state index contributed by atoms with van der Waals surface area (Å²) in [6.45, 7) is 4.00. The standard InChI is InChI=1S/C5H14N2O/c1-3-4(2)7-5(6)8/h4-5,7-8H,3,6H2,1-2H3/t4-,5?/m1/s1. The van der Waals surface area contributed by atoms with Gasteiger partial charge in [0.1, 0.15) is 0 Å². The van der Waals surface area contributed by atoms with Gasteiger partial charge in [0.2, 0.25) is 0 Å². The first kappa shape index (κ1) is 7.88. The Morgan fingerprint density at radius 2 is 2.25 bits per heavy atom. The highest BCUT2D eigenvalue weighted by molar-refractivity contribution is 4.55. The molecule has 0 rings (SSSR count). The molecule has 3 heteroatoms. The minimum atomic E-state index is -0.870. The van der Waals surface area contributed by atoms with Gasteiger partial charge in [0.15, 0.2) is 6.35 Å². The van der Waals surface area contributed by atoms with Crippen LogP contribution in [0, 0.1) is 0 Å². The Labute approximate surface area is 49.9 Å². The SMILES string of the molecule is CC[C@@H](C)NC(N)O. The number of nitrogens with two attached hydrogens (primary N) is 1. The van der Waals surface area contributed by atoms with Gasteiger partial charge < -0.3 is 5.11 Å². The first-order valence-electron chi connectivity index (χ1n) is 2.86. The van der Waals surface area contributed by atoms with Gasteiger partial charge in [0, 0.05) is 6.04 Å². The lowest BCUT2D eigenvalue weighted by Gasteiger charge is -2.12. The van der Waals surface area contributed by atoms with E-state index in [1.165, 1.54) is 0 Å². The monoisotopic (exact) mass is 118 g/mol. The van der Waals surface area contributed by atoms with Crippen LogP contribution in [-0.4, -0.2) is 17.5 Å². The van der Waals surface area contributed by atoms with Gasteiger partial charge in [0.05, 0.1) is 0 Å². The summed E-state index contributed by atoms with van der Waals surface area (Å²) in [5.41, 5.74) is 5.01. The third kappa shape index (κ3) is 4.05. The number of rotatable bonds is 3. The lowest BCUT2D eigenvalue weighted by Crippen LogP contribution is -2.42. The summed E-state index contributed by atoms with van der Waals surface area (Å²) in [7, 11) is 0. The van der Waals surface area contributed by atoms with Gasteiger partial charge in [-0.1, -0.05) is 6.92 Å². The molecule has 50 valence electrons. The molecule has 0 fully saturated rings. The van der Waals surface area contributed by atoms with Crippen molar-refractivity contribution in [3.63, 3.8) is 0 Å².